The van der Waals surface area contributed by atoms with E-state index >= 15 is 0 Å². The predicted molar refractivity (Wildman–Crippen MR) is 96.6 cm³/mol. The van der Waals surface area contributed by atoms with E-state index in [9.17, 15) is 4.79 Å². The highest BCUT2D eigenvalue weighted by atomic mass is 32.2. The maximum absolute atomic E-state index is 12.5. The summed E-state index contributed by atoms with van der Waals surface area (Å²) in [6.45, 7) is 4.59. The molecule has 2 rings (SSSR count). The molecule has 0 fully saturated rings. The number of carbonyl (C=O) groups is 1. The molecule has 5 heteroatoms. The van der Waals surface area contributed by atoms with E-state index in [2.05, 4.69) is 24.1 Å². The summed E-state index contributed by atoms with van der Waals surface area (Å²) >= 11 is 1.51. The van der Waals surface area contributed by atoms with Crippen LogP contribution in [0.2, 0.25) is 0 Å². The minimum absolute atomic E-state index is 0.0402. The number of nitrogens with one attached hydrogen (secondary N) is 1. The summed E-state index contributed by atoms with van der Waals surface area (Å²) in [7, 11) is 1.96. The number of hydrogen-bond acceptors (Lipinski definition) is 4. The van der Waals surface area contributed by atoms with Gasteiger partial charge in [-0.2, -0.15) is 0 Å². The lowest BCUT2D eigenvalue weighted by Gasteiger charge is -2.23. The van der Waals surface area contributed by atoms with Crippen molar-refractivity contribution in [3.63, 3.8) is 0 Å². The van der Waals surface area contributed by atoms with E-state index < -0.39 is 0 Å². The Morgan fingerprint density at radius 1 is 1.17 bits per heavy atom. The van der Waals surface area contributed by atoms with Crippen molar-refractivity contribution in [3.8, 4) is 0 Å². The molecule has 2 aromatic rings. The summed E-state index contributed by atoms with van der Waals surface area (Å²) in [5, 5.41) is 3.74. The maximum atomic E-state index is 12.5. The van der Waals surface area contributed by atoms with Crippen molar-refractivity contribution in [2.24, 2.45) is 5.92 Å². The van der Waals surface area contributed by atoms with Crippen LogP contribution < -0.4 is 10.2 Å². The number of nitrogens with zero attached hydrogens (tertiary/aromatic N) is 2. The zero-order valence-corrected chi connectivity index (χ0v) is 14.6. The Bertz CT molecular complexity index is 604. The van der Waals surface area contributed by atoms with Gasteiger partial charge in [0.1, 0.15) is 0 Å². The molecule has 0 aliphatic heterocycles. The van der Waals surface area contributed by atoms with Gasteiger partial charge in [-0.25, -0.2) is 4.98 Å². The highest BCUT2D eigenvalue weighted by Gasteiger charge is 2.24. The van der Waals surface area contributed by atoms with Crippen molar-refractivity contribution in [2.75, 3.05) is 18.6 Å². The number of pyridine rings is 1. The van der Waals surface area contributed by atoms with Crippen molar-refractivity contribution >= 4 is 23.4 Å². The van der Waals surface area contributed by atoms with Crippen LogP contribution in [-0.4, -0.2) is 29.9 Å². The minimum Gasteiger partial charge on any atom is -0.357 e. The van der Waals surface area contributed by atoms with Gasteiger partial charge in [-0.15, -0.1) is 0 Å². The van der Waals surface area contributed by atoms with E-state index in [-0.39, 0.29) is 17.1 Å². The largest absolute Gasteiger partial charge is 0.357 e. The Morgan fingerprint density at radius 3 is 2.48 bits per heavy atom. The van der Waals surface area contributed by atoms with Crippen molar-refractivity contribution < 1.29 is 4.79 Å². The molecule has 0 aliphatic carbocycles. The van der Waals surface area contributed by atoms with Crippen LogP contribution in [0.5, 0.6) is 0 Å². The van der Waals surface area contributed by atoms with Gasteiger partial charge in [-0.05, 0) is 30.2 Å². The fraction of sp³-hybridized carbons (Fsp3) is 0.333. The lowest BCUT2D eigenvalue weighted by atomic mass is 10.1. The average molecular weight is 329 g/mol. The number of thioether (sulfide) groups is 1. The molecule has 1 unspecified atom stereocenters. The number of anilines is 1. The first kappa shape index (κ1) is 17.3. The molecule has 0 aliphatic rings. The summed E-state index contributed by atoms with van der Waals surface area (Å²) in [4.78, 5) is 18.9. The molecule has 0 bridgehead atoms. The smallest absolute Gasteiger partial charge is 0.235 e. The molecule has 23 heavy (non-hydrogen) atoms. The Labute approximate surface area is 142 Å². The number of amides is 1. The first-order valence-corrected chi connectivity index (χ1v) is 8.57. The summed E-state index contributed by atoms with van der Waals surface area (Å²) < 4.78 is 0. The number of para-hydroxylation sites is 1. The molecular weight excluding hydrogens is 306 g/mol. The molecule has 0 saturated heterocycles. The number of hydrogen-bond donors (Lipinski definition) is 1. The maximum Gasteiger partial charge on any atom is 0.235 e. The fourth-order valence-corrected chi connectivity index (χ4v) is 3.11. The quantitative estimate of drug-likeness (QED) is 0.624. The third-order valence-corrected chi connectivity index (χ3v) is 4.93. The van der Waals surface area contributed by atoms with Gasteiger partial charge in [0.25, 0.3) is 0 Å². The van der Waals surface area contributed by atoms with Gasteiger partial charge in [0.05, 0.1) is 16.9 Å². The molecule has 0 saturated carbocycles. The van der Waals surface area contributed by atoms with Crippen LogP contribution in [0.1, 0.15) is 13.8 Å². The molecule has 1 atom stereocenters. The second-order valence-electron chi connectivity index (χ2n) is 5.68. The Kier molecular flexibility index (Phi) is 6.47. The topological polar surface area (TPSA) is 45.2 Å². The van der Waals surface area contributed by atoms with Gasteiger partial charge in [0.2, 0.25) is 5.91 Å². The minimum atomic E-state index is -0.158. The zero-order chi connectivity index (χ0) is 16.7. The molecule has 1 aromatic carbocycles. The normalized spacial score (nSPS) is 12.0. The molecule has 1 N–H and O–H groups in total. The first-order valence-electron chi connectivity index (χ1n) is 7.69. The summed E-state index contributed by atoms with van der Waals surface area (Å²) in [6, 6.07) is 15.8. The molecule has 0 radical (unpaired) electrons. The second-order valence-corrected chi connectivity index (χ2v) is 6.84. The monoisotopic (exact) mass is 329 g/mol. The summed E-state index contributed by atoms with van der Waals surface area (Å²) in [5.74, 6) is 0.266. The van der Waals surface area contributed by atoms with Crippen molar-refractivity contribution in [1.29, 1.82) is 0 Å². The van der Waals surface area contributed by atoms with Gasteiger partial charge in [-0.3, -0.25) is 4.79 Å². The number of rotatable bonds is 7. The van der Waals surface area contributed by atoms with E-state index in [4.69, 9.17) is 0 Å². The first-order chi connectivity index (χ1) is 11.1. The van der Waals surface area contributed by atoms with E-state index in [0.29, 0.717) is 6.67 Å². The van der Waals surface area contributed by atoms with Crippen molar-refractivity contribution in [2.45, 2.75) is 24.1 Å². The van der Waals surface area contributed by atoms with E-state index in [1.807, 2.05) is 60.5 Å². The average Bonchev–Trinajstić information content (AvgIpc) is 2.58. The highest BCUT2D eigenvalue weighted by molar-refractivity contribution is 8.00. The van der Waals surface area contributed by atoms with Crippen LogP contribution in [0.15, 0.2) is 59.8 Å². The molecule has 122 valence electrons. The Hall–Kier alpha value is -2.01. The van der Waals surface area contributed by atoms with Crippen LogP contribution >= 0.6 is 11.8 Å². The molecular formula is C18H23N3OS. The van der Waals surface area contributed by atoms with Gasteiger partial charge in [0.15, 0.2) is 0 Å². The summed E-state index contributed by atoms with van der Waals surface area (Å²) in [6.07, 6.45) is 1.75. The van der Waals surface area contributed by atoms with Crippen molar-refractivity contribution in [1.82, 2.24) is 10.3 Å². The third kappa shape index (κ3) is 5.28. The van der Waals surface area contributed by atoms with Crippen LogP contribution in [0.25, 0.3) is 0 Å². The van der Waals surface area contributed by atoms with E-state index in [1.165, 1.54) is 11.8 Å². The fourth-order valence-electron chi connectivity index (χ4n) is 2.11. The third-order valence-electron chi connectivity index (χ3n) is 3.44. The lowest BCUT2D eigenvalue weighted by Crippen LogP contribution is -2.41. The zero-order valence-electron chi connectivity index (χ0n) is 13.8. The van der Waals surface area contributed by atoms with Crippen LogP contribution in [-0.2, 0) is 4.79 Å². The highest BCUT2D eigenvalue weighted by Crippen LogP contribution is 2.26. The SMILES string of the molecule is CC(C)C(Sc1ccccn1)C(=O)NCN(C)c1ccccc1. The molecule has 4 nitrogen and oxygen atoms in total. The van der Waals surface area contributed by atoms with Gasteiger partial charge >= 0.3 is 0 Å². The molecule has 1 aromatic heterocycles. The molecule has 1 heterocycles. The van der Waals surface area contributed by atoms with Gasteiger partial charge < -0.3 is 10.2 Å². The number of carbonyl (C=O) groups excluding carboxylic acids is 1. The van der Waals surface area contributed by atoms with Crippen LogP contribution in [0.3, 0.4) is 0 Å². The number of aromatic nitrogens is 1. The standard InChI is InChI=1S/C18H23N3OS/c1-14(2)17(23-16-11-7-8-12-19-16)18(22)20-13-21(3)15-9-5-4-6-10-15/h4-12,14,17H,13H2,1-3H3,(H,20,22). The van der Waals surface area contributed by atoms with E-state index in [1.54, 1.807) is 6.20 Å². The predicted octanol–water partition coefficient (Wildman–Crippen LogP) is 3.41. The molecule has 0 spiro atoms. The lowest BCUT2D eigenvalue weighted by molar-refractivity contribution is -0.121. The van der Waals surface area contributed by atoms with Crippen LogP contribution in [0.4, 0.5) is 5.69 Å². The Balaban J connectivity index is 1.93. The van der Waals surface area contributed by atoms with Crippen molar-refractivity contribution in [3.05, 3.63) is 54.7 Å². The van der Waals surface area contributed by atoms with Gasteiger partial charge in [-0.1, -0.05) is 49.9 Å². The van der Waals surface area contributed by atoms with Gasteiger partial charge in [0, 0.05) is 18.9 Å². The Morgan fingerprint density at radius 2 is 1.87 bits per heavy atom. The molecule has 1 amide bonds. The van der Waals surface area contributed by atoms with Crippen LogP contribution in [0, 0.1) is 5.92 Å². The number of benzene rings is 1. The van der Waals surface area contributed by atoms with E-state index in [0.717, 1.165) is 10.7 Å². The summed E-state index contributed by atoms with van der Waals surface area (Å²) in [5.41, 5.74) is 1.08. The second kappa shape index (κ2) is 8.58.